The minimum absolute atomic E-state index is 0.294. The summed E-state index contributed by atoms with van der Waals surface area (Å²) in [6, 6.07) is 8.35. The number of hydrogen-bond acceptors (Lipinski definition) is 5. The molecule has 1 aliphatic rings. The molecule has 0 fully saturated rings. The molecular formula is C19H21N3O3. The summed E-state index contributed by atoms with van der Waals surface area (Å²) < 4.78 is 5.70. The highest BCUT2D eigenvalue weighted by atomic mass is 16.5. The second kappa shape index (κ2) is 8.37. The predicted molar refractivity (Wildman–Crippen MR) is 93.4 cm³/mol. The van der Waals surface area contributed by atoms with Gasteiger partial charge in [-0.1, -0.05) is 37.5 Å². The first-order chi connectivity index (χ1) is 12.3. The molecule has 2 heterocycles. The maximum atomic E-state index is 12.7. The molecule has 2 bridgehead atoms. The molecule has 1 N–H and O–H groups in total. The Morgan fingerprint density at radius 1 is 1.08 bits per heavy atom. The van der Waals surface area contributed by atoms with Crippen molar-refractivity contribution in [2.24, 2.45) is 0 Å². The summed E-state index contributed by atoms with van der Waals surface area (Å²) in [6.45, 7) is 0.590. The number of carbonyl (C=O) groups excluding carboxylic acids is 2. The molecular weight excluding hydrogens is 318 g/mol. The van der Waals surface area contributed by atoms with Gasteiger partial charge in [0.2, 0.25) is 5.88 Å². The van der Waals surface area contributed by atoms with E-state index in [0.717, 1.165) is 32.0 Å². The Kier molecular flexibility index (Phi) is 5.72. The van der Waals surface area contributed by atoms with E-state index in [4.69, 9.17) is 4.74 Å². The van der Waals surface area contributed by atoms with Gasteiger partial charge in [0.1, 0.15) is 6.29 Å². The van der Waals surface area contributed by atoms with Gasteiger partial charge < -0.3 is 14.8 Å². The minimum atomic E-state index is -0.478. The highest BCUT2D eigenvalue weighted by molar-refractivity contribution is 6.01. The van der Waals surface area contributed by atoms with Crippen molar-refractivity contribution in [2.45, 2.75) is 38.1 Å². The van der Waals surface area contributed by atoms with Gasteiger partial charge in [0.25, 0.3) is 5.91 Å². The number of benzene rings is 1. The van der Waals surface area contributed by atoms with E-state index < -0.39 is 6.04 Å². The molecule has 0 radical (unpaired) electrons. The molecule has 6 nitrogen and oxygen atoms in total. The lowest BCUT2D eigenvalue weighted by Gasteiger charge is -2.14. The van der Waals surface area contributed by atoms with Gasteiger partial charge in [-0.25, -0.2) is 4.98 Å². The lowest BCUT2D eigenvalue weighted by Crippen LogP contribution is -2.36. The molecule has 6 heteroatoms. The van der Waals surface area contributed by atoms with Crippen LogP contribution in [-0.4, -0.2) is 34.8 Å². The van der Waals surface area contributed by atoms with Crippen molar-refractivity contribution >= 4 is 12.2 Å². The zero-order valence-electron chi connectivity index (χ0n) is 14.0. The average molecular weight is 339 g/mol. The van der Waals surface area contributed by atoms with Gasteiger partial charge in [0, 0.05) is 17.8 Å². The standard InChI is InChI=1S/C19H21N3O3/c23-13-14-7-3-1-2-6-12-25-17-10-11-20-18(22-17)15-8-4-5-9-16(15)19(24)21-14/h4-5,8-11,13-14H,1-3,6-7,12H2,(H,21,24)/t14-/m0/s1. The minimum Gasteiger partial charge on any atom is -0.478 e. The van der Waals surface area contributed by atoms with Crippen molar-refractivity contribution in [3.63, 3.8) is 0 Å². The Morgan fingerprint density at radius 2 is 1.88 bits per heavy atom. The third kappa shape index (κ3) is 4.41. The van der Waals surface area contributed by atoms with Crippen molar-refractivity contribution in [2.75, 3.05) is 6.61 Å². The van der Waals surface area contributed by atoms with Crippen LogP contribution in [0.2, 0.25) is 0 Å². The Balaban J connectivity index is 1.96. The van der Waals surface area contributed by atoms with Crippen molar-refractivity contribution in [1.29, 1.82) is 0 Å². The predicted octanol–water partition coefficient (Wildman–Crippen LogP) is 2.78. The highest BCUT2D eigenvalue weighted by Gasteiger charge is 2.18. The second-order valence-corrected chi connectivity index (χ2v) is 6.03. The summed E-state index contributed by atoms with van der Waals surface area (Å²) in [5, 5.41) is 2.81. The molecule has 1 atom stereocenters. The van der Waals surface area contributed by atoms with Crippen molar-refractivity contribution in [3.8, 4) is 17.3 Å². The van der Waals surface area contributed by atoms with Crippen molar-refractivity contribution in [1.82, 2.24) is 15.3 Å². The van der Waals surface area contributed by atoms with Crippen LogP contribution >= 0.6 is 0 Å². The Morgan fingerprint density at radius 3 is 2.72 bits per heavy atom. The summed E-state index contributed by atoms with van der Waals surface area (Å²) in [7, 11) is 0. The smallest absolute Gasteiger partial charge is 0.252 e. The molecule has 1 aliphatic heterocycles. The van der Waals surface area contributed by atoms with E-state index in [0.29, 0.717) is 35.9 Å². The van der Waals surface area contributed by atoms with E-state index in [2.05, 4.69) is 15.3 Å². The zero-order valence-corrected chi connectivity index (χ0v) is 14.0. The van der Waals surface area contributed by atoms with E-state index in [-0.39, 0.29) is 5.91 Å². The summed E-state index contributed by atoms with van der Waals surface area (Å²) in [5.74, 6) is 0.638. The van der Waals surface area contributed by atoms with Crippen LogP contribution in [0.25, 0.3) is 11.4 Å². The summed E-state index contributed by atoms with van der Waals surface area (Å²) in [5.41, 5.74) is 1.06. The number of rotatable bonds is 1. The van der Waals surface area contributed by atoms with Crippen LogP contribution in [0.3, 0.4) is 0 Å². The number of amides is 1. The van der Waals surface area contributed by atoms with Crippen LogP contribution in [0.5, 0.6) is 5.88 Å². The number of nitrogens with zero attached hydrogens (tertiary/aromatic N) is 2. The number of ether oxygens (including phenoxy) is 1. The number of aromatic nitrogens is 2. The van der Waals surface area contributed by atoms with Crippen LogP contribution in [0.4, 0.5) is 0 Å². The van der Waals surface area contributed by atoms with Crippen molar-refractivity contribution in [3.05, 3.63) is 42.1 Å². The topological polar surface area (TPSA) is 81.2 Å². The number of fused-ring (bicyclic) bond motifs is 4. The first-order valence-corrected chi connectivity index (χ1v) is 8.59. The van der Waals surface area contributed by atoms with Crippen LogP contribution in [0, 0.1) is 0 Å². The second-order valence-electron chi connectivity index (χ2n) is 6.03. The van der Waals surface area contributed by atoms with E-state index >= 15 is 0 Å². The van der Waals surface area contributed by atoms with E-state index in [9.17, 15) is 9.59 Å². The fourth-order valence-electron chi connectivity index (χ4n) is 2.85. The van der Waals surface area contributed by atoms with Gasteiger partial charge in [0.15, 0.2) is 5.82 Å². The molecule has 0 unspecified atom stereocenters. The molecule has 0 spiro atoms. The Bertz CT molecular complexity index is 748. The zero-order chi connectivity index (χ0) is 17.5. The van der Waals surface area contributed by atoms with E-state index in [1.807, 2.05) is 6.07 Å². The number of nitrogens with one attached hydrogen (secondary N) is 1. The van der Waals surface area contributed by atoms with Gasteiger partial charge >= 0.3 is 0 Å². The monoisotopic (exact) mass is 339 g/mol. The fourth-order valence-corrected chi connectivity index (χ4v) is 2.85. The summed E-state index contributed by atoms with van der Waals surface area (Å²) in [4.78, 5) is 32.6. The maximum absolute atomic E-state index is 12.7. The van der Waals surface area contributed by atoms with Gasteiger partial charge in [0.05, 0.1) is 18.2 Å². The molecule has 1 aromatic carbocycles. The van der Waals surface area contributed by atoms with Gasteiger partial charge in [-0.3, -0.25) is 4.79 Å². The summed E-state index contributed by atoms with van der Waals surface area (Å²) in [6.07, 6.45) is 6.89. The molecule has 130 valence electrons. The van der Waals surface area contributed by atoms with Gasteiger partial charge in [-0.05, 0) is 18.9 Å². The SMILES string of the molecule is O=C[C@@H]1CCCCCCOc2ccnc(n2)-c2ccccc2C(=O)N1. The quantitative estimate of drug-likeness (QED) is 0.808. The molecule has 3 rings (SSSR count). The highest BCUT2D eigenvalue weighted by Crippen LogP contribution is 2.22. The molecule has 25 heavy (non-hydrogen) atoms. The molecule has 2 aromatic rings. The van der Waals surface area contributed by atoms with Crippen LogP contribution in [0.1, 0.15) is 42.5 Å². The Labute approximate surface area is 146 Å². The lowest BCUT2D eigenvalue weighted by molar-refractivity contribution is -0.109. The largest absolute Gasteiger partial charge is 0.478 e. The first kappa shape index (κ1) is 17.1. The maximum Gasteiger partial charge on any atom is 0.252 e. The molecule has 0 saturated carbocycles. The molecule has 1 aromatic heterocycles. The van der Waals surface area contributed by atoms with Gasteiger partial charge in [-0.2, -0.15) is 4.98 Å². The van der Waals surface area contributed by atoms with Crippen molar-refractivity contribution < 1.29 is 14.3 Å². The van der Waals surface area contributed by atoms with Gasteiger partial charge in [-0.15, -0.1) is 0 Å². The van der Waals surface area contributed by atoms with Crippen LogP contribution < -0.4 is 10.1 Å². The third-order valence-corrected chi connectivity index (χ3v) is 4.18. The van der Waals surface area contributed by atoms with E-state index in [1.54, 1.807) is 30.5 Å². The van der Waals surface area contributed by atoms with Crippen LogP contribution in [-0.2, 0) is 4.79 Å². The van der Waals surface area contributed by atoms with Crippen LogP contribution in [0.15, 0.2) is 36.5 Å². The van der Waals surface area contributed by atoms with E-state index in [1.165, 1.54) is 0 Å². The normalized spacial score (nSPS) is 18.7. The fraction of sp³-hybridized carbons (Fsp3) is 0.368. The molecule has 0 saturated heterocycles. The number of hydrogen-bond donors (Lipinski definition) is 1. The molecule has 0 aliphatic carbocycles. The lowest BCUT2D eigenvalue weighted by atomic mass is 10.0. The summed E-state index contributed by atoms with van der Waals surface area (Å²) >= 11 is 0. The first-order valence-electron chi connectivity index (χ1n) is 8.59. The third-order valence-electron chi connectivity index (χ3n) is 4.18. The number of carbonyl (C=O) groups is 2. The average Bonchev–Trinajstić information content (AvgIpc) is 2.66. The number of aldehydes is 1. The Hall–Kier alpha value is -2.76. The molecule has 1 amide bonds.